The molecule has 0 aromatic carbocycles. The van der Waals surface area contributed by atoms with Gasteiger partial charge in [-0.15, -0.1) is 0 Å². The van der Waals surface area contributed by atoms with Crippen molar-refractivity contribution >= 4 is 6.09 Å². The van der Waals surface area contributed by atoms with E-state index in [2.05, 4.69) is 10.2 Å². The van der Waals surface area contributed by atoms with Gasteiger partial charge in [-0.1, -0.05) is 0 Å². The lowest BCUT2D eigenvalue weighted by atomic mass is 10.1. The van der Waals surface area contributed by atoms with E-state index in [0.29, 0.717) is 31.2 Å². The van der Waals surface area contributed by atoms with Crippen LogP contribution in [0.15, 0.2) is 0 Å². The van der Waals surface area contributed by atoms with Crippen molar-refractivity contribution in [3.8, 4) is 0 Å². The molecule has 3 aliphatic rings. The molecule has 3 atom stereocenters. The second kappa shape index (κ2) is 2.84. The molecule has 1 amide bonds. The van der Waals surface area contributed by atoms with Crippen LogP contribution in [0, 0.1) is 0 Å². The number of fused-ring (bicyclic) bond motifs is 3. The minimum absolute atomic E-state index is 0.406. The molecule has 3 rings (SSSR count). The van der Waals surface area contributed by atoms with Crippen LogP contribution in [0.5, 0.6) is 0 Å². The van der Waals surface area contributed by atoms with Gasteiger partial charge in [0.05, 0.1) is 0 Å². The number of carboxylic acid groups (broad SMARTS) is 1. The number of rotatable bonds is 0. The first-order chi connectivity index (χ1) is 6.75. The summed E-state index contributed by atoms with van der Waals surface area (Å²) in [4.78, 5) is 14.8. The number of piperazine rings is 2. The highest BCUT2D eigenvalue weighted by molar-refractivity contribution is 5.65. The van der Waals surface area contributed by atoms with E-state index in [-0.39, 0.29) is 0 Å². The Bertz CT molecular complexity index is 271. The zero-order chi connectivity index (χ0) is 9.71. The maximum absolute atomic E-state index is 10.8. The van der Waals surface area contributed by atoms with Crippen LogP contribution in [0.4, 0.5) is 4.79 Å². The van der Waals surface area contributed by atoms with Crippen molar-refractivity contribution in [2.24, 2.45) is 0 Å². The number of amides is 1. The predicted molar refractivity (Wildman–Crippen MR) is 50.3 cm³/mol. The molecule has 2 N–H and O–H groups in total. The van der Waals surface area contributed by atoms with Crippen LogP contribution in [-0.4, -0.2) is 65.3 Å². The van der Waals surface area contributed by atoms with Crippen molar-refractivity contribution in [1.82, 2.24) is 15.1 Å². The molecule has 0 spiro atoms. The summed E-state index contributed by atoms with van der Waals surface area (Å²) < 4.78 is 0. The van der Waals surface area contributed by atoms with Gasteiger partial charge in [-0.05, 0) is 6.42 Å². The molecular formula is C9H15N3O2. The minimum atomic E-state index is -0.775. The topological polar surface area (TPSA) is 55.8 Å². The number of nitrogens with zero attached hydrogens (tertiary/aromatic N) is 2. The van der Waals surface area contributed by atoms with E-state index in [9.17, 15) is 4.79 Å². The lowest BCUT2D eigenvalue weighted by Crippen LogP contribution is -2.61. The summed E-state index contributed by atoms with van der Waals surface area (Å²) in [6, 6.07) is 1.80. The molecule has 0 aromatic rings. The van der Waals surface area contributed by atoms with E-state index in [4.69, 9.17) is 5.11 Å². The zero-order valence-electron chi connectivity index (χ0n) is 8.02. The average Bonchev–Trinajstić information content (AvgIpc) is 2.95. The van der Waals surface area contributed by atoms with Gasteiger partial charge in [0.15, 0.2) is 0 Å². The van der Waals surface area contributed by atoms with Crippen LogP contribution in [0.3, 0.4) is 0 Å². The predicted octanol–water partition coefficient (Wildman–Crippen LogP) is -0.605. The fraction of sp³-hybridized carbons (Fsp3) is 0.889. The molecule has 2 aliphatic heterocycles. The molecule has 2 saturated heterocycles. The van der Waals surface area contributed by atoms with Gasteiger partial charge >= 0.3 is 6.09 Å². The molecule has 1 aliphatic carbocycles. The Labute approximate surface area is 82.7 Å². The first kappa shape index (κ1) is 8.49. The van der Waals surface area contributed by atoms with Crippen molar-refractivity contribution in [2.75, 3.05) is 26.2 Å². The van der Waals surface area contributed by atoms with Crippen LogP contribution in [0.2, 0.25) is 0 Å². The second-order valence-corrected chi connectivity index (χ2v) is 4.44. The SMILES string of the molecule is O=C(O)N1CCN2C(CNC3CC32)C1. The normalized spacial score (nSPS) is 41.4. The van der Waals surface area contributed by atoms with Gasteiger partial charge in [-0.25, -0.2) is 4.79 Å². The smallest absolute Gasteiger partial charge is 0.407 e. The van der Waals surface area contributed by atoms with Crippen molar-refractivity contribution < 1.29 is 9.90 Å². The van der Waals surface area contributed by atoms with Gasteiger partial charge in [0.1, 0.15) is 0 Å². The summed E-state index contributed by atoms with van der Waals surface area (Å²) in [6.07, 6.45) is 0.478. The van der Waals surface area contributed by atoms with E-state index in [1.54, 1.807) is 0 Å². The summed E-state index contributed by atoms with van der Waals surface area (Å²) in [5.74, 6) is 0. The molecule has 78 valence electrons. The molecule has 5 nitrogen and oxygen atoms in total. The Balaban J connectivity index is 1.69. The van der Waals surface area contributed by atoms with Gasteiger partial charge in [0.2, 0.25) is 0 Å². The molecule has 0 bridgehead atoms. The summed E-state index contributed by atoms with van der Waals surface area (Å²) in [5.41, 5.74) is 0. The second-order valence-electron chi connectivity index (χ2n) is 4.44. The molecule has 5 heteroatoms. The molecule has 0 aromatic heterocycles. The Morgan fingerprint density at radius 2 is 2.29 bits per heavy atom. The van der Waals surface area contributed by atoms with Gasteiger partial charge in [-0.3, -0.25) is 4.90 Å². The first-order valence-corrected chi connectivity index (χ1v) is 5.22. The van der Waals surface area contributed by atoms with Crippen LogP contribution in [0.1, 0.15) is 6.42 Å². The Morgan fingerprint density at radius 3 is 3.07 bits per heavy atom. The van der Waals surface area contributed by atoms with Gasteiger partial charge in [0.25, 0.3) is 0 Å². The Kier molecular flexibility index (Phi) is 1.72. The maximum atomic E-state index is 10.8. The minimum Gasteiger partial charge on any atom is -0.465 e. The summed E-state index contributed by atoms with van der Waals surface area (Å²) in [6.45, 7) is 3.21. The maximum Gasteiger partial charge on any atom is 0.407 e. The number of carbonyl (C=O) groups is 1. The standard InChI is InChI=1S/C9H15N3O2/c13-9(14)11-1-2-12-6(5-11)4-10-7-3-8(7)12/h6-8,10H,1-5H2,(H,13,14). The van der Waals surface area contributed by atoms with Gasteiger partial charge in [0, 0.05) is 44.3 Å². The van der Waals surface area contributed by atoms with Crippen molar-refractivity contribution in [1.29, 1.82) is 0 Å². The van der Waals surface area contributed by atoms with Crippen molar-refractivity contribution in [3.05, 3.63) is 0 Å². The van der Waals surface area contributed by atoms with Crippen LogP contribution in [-0.2, 0) is 0 Å². The third-order valence-corrected chi connectivity index (χ3v) is 3.60. The van der Waals surface area contributed by atoms with Crippen LogP contribution in [0.25, 0.3) is 0 Å². The lowest BCUT2D eigenvalue weighted by molar-refractivity contribution is 0.0508. The fourth-order valence-electron chi connectivity index (χ4n) is 2.72. The molecule has 2 heterocycles. The van der Waals surface area contributed by atoms with E-state index < -0.39 is 6.09 Å². The highest BCUT2D eigenvalue weighted by Gasteiger charge is 2.49. The summed E-state index contributed by atoms with van der Waals surface area (Å²) in [7, 11) is 0. The van der Waals surface area contributed by atoms with Crippen LogP contribution >= 0.6 is 0 Å². The van der Waals surface area contributed by atoms with E-state index in [0.717, 1.165) is 13.1 Å². The largest absolute Gasteiger partial charge is 0.465 e. The van der Waals surface area contributed by atoms with E-state index in [1.165, 1.54) is 11.3 Å². The van der Waals surface area contributed by atoms with Crippen LogP contribution < -0.4 is 5.32 Å². The third kappa shape index (κ3) is 1.19. The average molecular weight is 197 g/mol. The molecule has 0 radical (unpaired) electrons. The number of hydrogen-bond acceptors (Lipinski definition) is 3. The molecular weight excluding hydrogens is 182 g/mol. The molecule has 3 unspecified atom stereocenters. The van der Waals surface area contributed by atoms with Crippen molar-refractivity contribution in [3.63, 3.8) is 0 Å². The van der Waals surface area contributed by atoms with Crippen molar-refractivity contribution in [2.45, 2.75) is 24.5 Å². The number of hydrogen-bond donors (Lipinski definition) is 2. The quantitative estimate of drug-likeness (QED) is 0.544. The Hall–Kier alpha value is -0.810. The number of nitrogens with one attached hydrogen (secondary N) is 1. The monoisotopic (exact) mass is 197 g/mol. The van der Waals surface area contributed by atoms with Gasteiger partial charge < -0.3 is 15.3 Å². The first-order valence-electron chi connectivity index (χ1n) is 5.22. The highest BCUT2D eigenvalue weighted by atomic mass is 16.4. The molecule has 1 saturated carbocycles. The zero-order valence-corrected chi connectivity index (χ0v) is 8.02. The fourth-order valence-corrected chi connectivity index (χ4v) is 2.72. The summed E-state index contributed by atoms with van der Waals surface area (Å²) in [5, 5.41) is 12.3. The molecule has 14 heavy (non-hydrogen) atoms. The van der Waals surface area contributed by atoms with Gasteiger partial charge in [-0.2, -0.15) is 0 Å². The Morgan fingerprint density at radius 1 is 1.43 bits per heavy atom. The lowest BCUT2D eigenvalue weighted by Gasteiger charge is -2.43. The van der Waals surface area contributed by atoms with E-state index >= 15 is 0 Å². The third-order valence-electron chi connectivity index (χ3n) is 3.60. The summed E-state index contributed by atoms with van der Waals surface area (Å²) >= 11 is 0. The van der Waals surface area contributed by atoms with E-state index in [1.807, 2.05) is 0 Å². The molecule has 3 fully saturated rings. The highest BCUT2D eigenvalue weighted by Crippen LogP contribution is 2.34.